The number of benzene rings is 1. The molecule has 1 aromatic carbocycles. The maximum absolute atomic E-state index is 12.8. The second-order valence-corrected chi connectivity index (χ2v) is 5.26. The Hall–Kier alpha value is -1.27. The van der Waals surface area contributed by atoms with E-state index in [1.54, 1.807) is 6.07 Å². The van der Waals surface area contributed by atoms with Gasteiger partial charge in [0.15, 0.2) is 0 Å². The minimum absolute atomic E-state index is 0.0191. The van der Waals surface area contributed by atoms with Crippen molar-refractivity contribution < 1.29 is 22.6 Å². The number of alkyl halides is 3. The molecule has 0 spiro atoms. The lowest BCUT2D eigenvalue weighted by molar-refractivity contribution is -0.139. The second kappa shape index (κ2) is 7.13. The summed E-state index contributed by atoms with van der Waals surface area (Å²) in [6.45, 7) is 3.56. The third-order valence-corrected chi connectivity index (χ3v) is 3.42. The molecule has 0 amide bonds. The molecule has 118 valence electrons. The summed E-state index contributed by atoms with van der Waals surface area (Å²) >= 11 is 0. The van der Waals surface area contributed by atoms with Crippen molar-refractivity contribution in [1.29, 1.82) is 0 Å². The molecule has 3 nitrogen and oxygen atoms in total. The van der Waals surface area contributed by atoms with Crippen LogP contribution in [0.15, 0.2) is 24.3 Å². The van der Waals surface area contributed by atoms with E-state index in [1.165, 1.54) is 12.1 Å². The van der Waals surface area contributed by atoms with Crippen molar-refractivity contribution in [2.45, 2.75) is 38.0 Å². The number of nitrogens with one attached hydrogen (secondary N) is 1. The first-order valence-corrected chi connectivity index (χ1v) is 7.09. The van der Waals surface area contributed by atoms with Gasteiger partial charge in [-0.1, -0.05) is 12.1 Å². The topological polar surface area (TPSA) is 30.5 Å². The normalized spacial score (nSPS) is 18.5. The maximum atomic E-state index is 12.8. The Kier molecular flexibility index (Phi) is 5.47. The highest BCUT2D eigenvalue weighted by Crippen LogP contribution is 2.35. The van der Waals surface area contributed by atoms with Crippen LogP contribution < -0.4 is 10.1 Å². The van der Waals surface area contributed by atoms with E-state index >= 15 is 0 Å². The first-order valence-electron chi connectivity index (χ1n) is 7.09. The van der Waals surface area contributed by atoms with Crippen LogP contribution in [0.25, 0.3) is 0 Å². The monoisotopic (exact) mass is 303 g/mol. The summed E-state index contributed by atoms with van der Waals surface area (Å²) in [4.78, 5) is 0. The molecule has 1 aliphatic heterocycles. The van der Waals surface area contributed by atoms with Crippen LogP contribution in [0, 0.1) is 0 Å². The van der Waals surface area contributed by atoms with Gasteiger partial charge < -0.3 is 14.8 Å². The van der Waals surface area contributed by atoms with E-state index in [0.29, 0.717) is 6.04 Å². The smallest absolute Gasteiger partial charge is 0.419 e. The fraction of sp³-hybridized carbons (Fsp3) is 0.600. The molecule has 1 N–H and O–H groups in total. The molecule has 6 heteroatoms. The lowest BCUT2D eigenvalue weighted by Gasteiger charge is -2.27. The van der Waals surface area contributed by atoms with Gasteiger partial charge in [0.25, 0.3) is 0 Å². The van der Waals surface area contributed by atoms with Crippen LogP contribution >= 0.6 is 0 Å². The van der Waals surface area contributed by atoms with E-state index in [9.17, 15) is 13.2 Å². The van der Waals surface area contributed by atoms with E-state index < -0.39 is 11.7 Å². The summed E-state index contributed by atoms with van der Waals surface area (Å²) in [5.41, 5.74) is -0.733. The summed E-state index contributed by atoms with van der Waals surface area (Å²) in [5, 5.41) is 3.36. The fourth-order valence-electron chi connectivity index (χ4n) is 2.36. The Bertz CT molecular complexity index is 445. The van der Waals surface area contributed by atoms with Crippen molar-refractivity contribution in [3.05, 3.63) is 29.8 Å². The lowest BCUT2D eigenvalue weighted by atomic mass is 10.1. The zero-order valence-corrected chi connectivity index (χ0v) is 12.0. The Morgan fingerprint density at radius 1 is 1.29 bits per heavy atom. The number of hydrogen-bond acceptors (Lipinski definition) is 3. The quantitative estimate of drug-likeness (QED) is 0.906. The summed E-state index contributed by atoms with van der Waals surface area (Å²) in [6, 6.07) is 5.61. The highest BCUT2D eigenvalue weighted by Gasteiger charge is 2.34. The fourth-order valence-corrected chi connectivity index (χ4v) is 2.36. The van der Waals surface area contributed by atoms with Gasteiger partial charge >= 0.3 is 6.18 Å². The third kappa shape index (κ3) is 4.89. The van der Waals surface area contributed by atoms with Crippen molar-refractivity contribution in [2.75, 3.05) is 19.8 Å². The SMILES string of the molecule is CC(COc1ccccc1C(F)(F)F)NC1CCOCC1. The number of hydrogen-bond donors (Lipinski definition) is 1. The Labute approximate surface area is 122 Å². The third-order valence-electron chi connectivity index (χ3n) is 3.42. The molecule has 1 atom stereocenters. The van der Waals surface area contributed by atoms with Gasteiger partial charge in [0.1, 0.15) is 12.4 Å². The van der Waals surface area contributed by atoms with E-state index in [0.717, 1.165) is 32.1 Å². The zero-order chi connectivity index (χ0) is 15.3. The van der Waals surface area contributed by atoms with Gasteiger partial charge in [0, 0.05) is 25.3 Å². The van der Waals surface area contributed by atoms with Crippen LogP contribution in [0.3, 0.4) is 0 Å². The van der Waals surface area contributed by atoms with Gasteiger partial charge in [-0.25, -0.2) is 0 Å². The van der Waals surface area contributed by atoms with Crippen molar-refractivity contribution >= 4 is 0 Å². The number of halogens is 3. The van der Waals surface area contributed by atoms with E-state index in [4.69, 9.17) is 9.47 Å². The van der Waals surface area contributed by atoms with Crippen molar-refractivity contribution in [2.24, 2.45) is 0 Å². The van der Waals surface area contributed by atoms with E-state index in [2.05, 4.69) is 5.32 Å². The minimum Gasteiger partial charge on any atom is -0.491 e. The Balaban J connectivity index is 1.87. The maximum Gasteiger partial charge on any atom is 0.419 e. The molecule has 1 aromatic rings. The standard InChI is InChI=1S/C15H20F3NO2/c1-11(19-12-6-8-20-9-7-12)10-21-14-5-3-2-4-13(14)15(16,17)18/h2-5,11-12,19H,6-10H2,1H3. The van der Waals surface area contributed by atoms with Gasteiger partial charge in [-0.05, 0) is 31.9 Å². The Morgan fingerprint density at radius 3 is 2.62 bits per heavy atom. The molecule has 0 aliphatic carbocycles. The molecule has 0 saturated carbocycles. The van der Waals surface area contributed by atoms with Gasteiger partial charge in [0.05, 0.1) is 5.56 Å². The van der Waals surface area contributed by atoms with Gasteiger partial charge in [-0.15, -0.1) is 0 Å². The van der Waals surface area contributed by atoms with Crippen molar-refractivity contribution in [3.8, 4) is 5.75 Å². The van der Waals surface area contributed by atoms with Crippen LogP contribution in [0.4, 0.5) is 13.2 Å². The van der Waals surface area contributed by atoms with Crippen molar-refractivity contribution in [1.82, 2.24) is 5.32 Å². The van der Waals surface area contributed by atoms with E-state index in [1.807, 2.05) is 6.92 Å². The molecule has 1 aliphatic rings. The van der Waals surface area contributed by atoms with Crippen molar-refractivity contribution in [3.63, 3.8) is 0 Å². The molecule has 0 radical (unpaired) electrons. The molecule has 1 fully saturated rings. The summed E-state index contributed by atoms with van der Waals surface area (Å²) in [6.07, 6.45) is -2.55. The molecular weight excluding hydrogens is 283 g/mol. The van der Waals surface area contributed by atoms with Crippen LogP contribution in [-0.4, -0.2) is 31.9 Å². The molecule has 1 unspecified atom stereocenters. The Morgan fingerprint density at radius 2 is 1.95 bits per heavy atom. The average molecular weight is 303 g/mol. The highest BCUT2D eigenvalue weighted by molar-refractivity contribution is 5.35. The molecule has 2 rings (SSSR count). The predicted octanol–water partition coefficient (Wildman–Crippen LogP) is 3.24. The summed E-state index contributed by atoms with van der Waals surface area (Å²) in [7, 11) is 0. The predicted molar refractivity (Wildman–Crippen MR) is 73.4 cm³/mol. The van der Waals surface area contributed by atoms with E-state index in [-0.39, 0.29) is 18.4 Å². The molecular formula is C15H20F3NO2. The molecule has 0 bridgehead atoms. The van der Waals surface area contributed by atoms with Crippen LogP contribution in [0.5, 0.6) is 5.75 Å². The first kappa shape index (κ1) is 16.1. The molecule has 0 aromatic heterocycles. The lowest BCUT2D eigenvalue weighted by Crippen LogP contribution is -2.42. The van der Waals surface area contributed by atoms with Gasteiger partial charge in [-0.2, -0.15) is 13.2 Å². The van der Waals surface area contributed by atoms with Crippen LogP contribution in [0.2, 0.25) is 0 Å². The largest absolute Gasteiger partial charge is 0.491 e. The number of ether oxygens (including phenoxy) is 2. The van der Waals surface area contributed by atoms with Gasteiger partial charge in [-0.3, -0.25) is 0 Å². The number of rotatable bonds is 5. The highest BCUT2D eigenvalue weighted by atomic mass is 19.4. The summed E-state index contributed by atoms with van der Waals surface area (Å²) in [5.74, 6) is -0.120. The van der Waals surface area contributed by atoms with Crippen LogP contribution in [0.1, 0.15) is 25.3 Å². The molecule has 1 heterocycles. The van der Waals surface area contributed by atoms with Gasteiger partial charge in [0.2, 0.25) is 0 Å². The number of para-hydroxylation sites is 1. The summed E-state index contributed by atoms with van der Waals surface area (Å²) < 4.78 is 49.1. The average Bonchev–Trinajstić information content (AvgIpc) is 2.45. The zero-order valence-electron chi connectivity index (χ0n) is 12.0. The molecule has 1 saturated heterocycles. The second-order valence-electron chi connectivity index (χ2n) is 5.26. The van der Waals surface area contributed by atoms with Crippen LogP contribution in [-0.2, 0) is 10.9 Å². The molecule has 21 heavy (non-hydrogen) atoms. The first-order chi connectivity index (χ1) is 9.97. The minimum atomic E-state index is -4.39.